The van der Waals surface area contributed by atoms with Gasteiger partial charge in [0.25, 0.3) is 0 Å². The Hall–Kier alpha value is -3.52. The molecule has 0 saturated carbocycles. The fourth-order valence-corrected chi connectivity index (χ4v) is 3.69. The number of nitrogens with two attached hydrogens (primary N) is 3. The summed E-state index contributed by atoms with van der Waals surface area (Å²) in [5.74, 6) is -3.38. The number of amides is 3. The summed E-state index contributed by atoms with van der Waals surface area (Å²) < 4.78 is 0. The van der Waals surface area contributed by atoms with Crippen LogP contribution in [0.15, 0.2) is 29.3 Å². The van der Waals surface area contributed by atoms with Crippen LogP contribution in [-0.2, 0) is 25.6 Å². The highest BCUT2D eigenvalue weighted by Crippen LogP contribution is 2.13. The van der Waals surface area contributed by atoms with E-state index in [1.165, 1.54) is 12.1 Å². The Morgan fingerprint density at radius 1 is 0.947 bits per heavy atom. The maximum absolute atomic E-state index is 13.3. The van der Waals surface area contributed by atoms with Crippen LogP contribution >= 0.6 is 12.6 Å². The number of rotatable bonds is 16. The molecule has 0 aliphatic rings. The lowest BCUT2D eigenvalue weighted by molar-refractivity contribution is -0.141. The van der Waals surface area contributed by atoms with Crippen LogP contribution in [0, 0.1) is 5.92 Å². The maximum Gasteiger partial charge on any atom is 0.327 e. The summed E-state index contributed by atoms with van der Waals surface area (Å²) in [5.41, 5.74) is 17.1. The summed E-state index contributed by atoms with van der Waals surface area (Å²) in [4.78, 5) is 54.2. The first-order chi connectivity index (χ1) is 17.8. The molecule has 14 heteroatoms. The number of guanidine groups is 1. The van der Waals surface area contributed by atoms with Crippen molar-refractivity contribution in [1.82, 2.24) is 16.0 Å². The van der Waals surface area contributed by atoms with Crippen molar-refractivity contribution in [2.45, 2.75) is 63.7 Å². The minimum Gasteiger partial charge on any atom is -0.508 e. The second-order valence-electron chi connectivity index (χ2n) is 9.26. The largest absolute Gasteiger partial charge is 0.508 e. The molecule has 13 nitrogen and oxygen atoms in total. The molecule has 0 aliphatic carbocycles. The van der Waals surface area contributed by atoms with Gasteiger partial charge in [-0.25, -0.2) is 4.79 Å². The van der Waals surface area contributed by atoms with E-state index in [0.29, 0.717) is 18.5 Å². The van der Waals surface area contributed by atoms with Crippen LogP contribution in [-0.4, -0.2) is 76.3 Å². The van der Waals surface area contributed by atoms with Gasteiger partial charge in [-0.3, -0.25) is 19.4 Å². The van der Waals surface area contributed by atoms with Crippen LogP contribution in [0.5, 0.6) is 5.75 Å². The first-order valence-electron chi connectivity index (χ1n) is 12.2. The van der Waals surface area contributed by atoms with E-state index in [2.05, 4.69) is 33.6 Å². The van der Waals surface area contributed by atoms with Crippen LogP contribution in [0.1, 0.15) is 38.7 Å². The number of carboxylic acid groups (broad SMARTS) is 1. The van der Waals surface area contributed by atoms with Crippen LogP contribution in [0.25, 0.3) is 0 Å². The van der Waals surface area contributed by atoms with Crippen LogP contribution in [0.3, 0.4) is 0 Å². The third kappa shape index (κ3) is 12.1. The van der Waals surface area contributed by atoms with Gasteiger partial charge in [0.1, 0.15) is 23.9 Å². The molecule has 0 bridgehead atoms. The number of phenols is 1. The molecule has 0 spiro atoms. The molecular formula is C24H39N7O6S. The Bertz CT molecular complexity index is 970. The van der Waals surface area contributed by atoms with Crippen molar-refractivity contribution in [1.29, 1.82) is 0 Å². The molecule has 11 N–H and O–H groups in total. The Morgan fingerprint density at radius 3 is 2.03 bits per heavy atom. The molecule has 0 aromatic heterocycles. The van der Waals surface area contributed by atoms with E-state index in [1.54, 1.807) is 12.1 Å². The van der Waals surface area contributed by atoms with Crippen molar-refractivity contribution < 1.29 is 29.4 Å². The predicted octanol–water partition coefficient (Wildman–Crippen LogP) is -1.17. The van der Waals surface area contributed by atoms with Gasteiger partial charge in [0.05, 0.1) is 6.04 Å². The van der Waals surface area contributed by atoms with E-state index in [1.807, 2.05) is 13.8 Å². The number of benzene rings is 1. The van der Waals surface area contributed by atoms with Crippen LogP contribution in [0.4, 0.5) is 0 Å². The van der Waals surface area contributed by atoms with Gasteiger partial charge in [-0.15, -0.1) is 0 Å². The molecule has 0 saturated heterocycles. The highest BCUT2D eigenvalue weighted by molar-refractivity contribution is 7.80. The van der Waals surface area contributed by atoms with Crippen molar-refractivity contribution >= 4 is 42.3 Å². The fourth-order valence-electron chi connectivity index (χ4n) is 3.44. The number of carbonyl (C=O) groups excluding carboxylic acids is 3. The Balaban J connectivity index is 3.03. The van der Waals surface area contributed by atoms with Gasteiger partial charge >= 0.3 is 5.97 Å². The Kier molecular flexibility index (Phi) is 14.0. The zero-order chi connectivity index (χ0) is 28.8. The summed E-state index contributed by atoms with van der Waals surface area (Å²) in [6.07, 6.45) is 1.01. The number of aliphatic imine (C=N–C) groups is 1. The minimum absolute atomic E-state index is 0.00339. The highest BCUT2D eigenvalue weighted by atomic mass is 32.1. The number of thiol groups is 1. The summed E-state index contributed by atoms with van der Waals surface area (Å²) in [6.45, 7) is 4.04. The molecule has 1 aromatic rings. The summed E-state index contributed by atoms with van der Waals surface area (Å²) in [6, 6.07) is 1.65. The van der Waals surface area contributed by atoms with Crippen molar-refractivity contribution in [2.24, 2.45) is 28.1 Å². The molecule has 0 heterocycles. The lowest BCUT2D eigenvalue weighted by atomic mass is 10.00. The van der Waals surface area contributed by atoms with E-state index in [0.717, 1.165) is 0 Å². The second kappa shape index (κ2) is 16.3. The molecule has 3 amide bonds. The van der Waals surface area contributed by atoms with Crippen molar-refractivity contribution in [3.63, 3.8) is 0 Å². The van der Waals surface area contributed by atoms with E-state index in [9.17, 15) is 29.4 Å². The molecular weight excluding hydrogens is 514 g/mol. The maximum atomic E-state index is 13.3. The predicted molar refractivity (Wildman–Crippen MR) is 146 cm³/mol. The molecule has 212 valence electrons. The van der Waals surface area contributed by atoms with Crippen molar-refractivity contribution in [3.05, 3.63) is 29.8 Å². The molecule has 0 fully saturated rings. The quantitative estimate of drug-likeness (QED) is 0.0518. The average Bonchev–Trinajstić information content (AvgIpc) is 2.84. The second-order valence-corrected chi connectivity index (χ2v) is 9.62. The number of aliphatic carboxylic acids is 1. The van der Waals surface area contributed by atoms with E-state index in [-0.39, 0.29) is 42.6 Å². The topological polar surface area (TPSA) is 235 Å². The Morgan fingerprint density at radius 2 is 1.50 bits per heavy atom. The van der Waals surface area contributed by atoms with Crippen molar-refractivity contribution in [3.8, 4) is 5.75 Å². The van der Waals surface area contributed by atoms with E-state index >= 15 is 0 Å². The molecule has 38 heavy (non-hydrogen) atoms. The van der Waals surface area contributed by atoms with Gasteiger partial charge in [0, 0.05) is 18.7 Å². The number of carboxylic acids is 1. The summed E-state index contributed by atoms with van der Waals surface area (Å²) in [7, 11) is 0. The number of nitrogens with one attached hydrogen (secondary N) is 3. The average molecular weight is 554 g/mol. The van der Waals surface area contributed by atoms with Gasteiger partial charge < -0.3 is 43.4 Å². The highest BCUT2D eigenvalue weighted by Gasteiger charge is 2.30. The first-order valence-corrected chi connectivity index (χ1v) is 12.8. The third-order valence-corrected chi connectivity index (χ3v) is 5.82. The number of phenolic OH excluding ortho intramolecular Hbond substituents is 1. The molecule has 4 atom stereocenters. The van der Waals surface area contributed by atoms with Crippen molar-refractivity contribution in [2.75, 3.05) is 12.3 Å². The lowest BCUT2D eigenvalue weighted by Gasteiger charge is -2.26. The third-order valence-electron chi connectivity index (χ3n) is 5.45. The van der Waals surface area contributed by atoms with E-state index < -0.39 is 47.9 Å². The van der Waals surface area contributed by atoms with Gasteiger partial charge in [-0.2, -0.15) is 12.6 Å². The fraction of sp³-hybridized carbons (Fsp3) is 0.542. The van der Waals surface area contributed by atoms with Gasteiger partial charge in [0.15, 0.2) is 5.96 Å². The minimum atomic E-state index is -1.28. The number of nitrogens with zero attached hydrogens (tertiary/aromatic N) is 1. The summed E-state index contributed by atoms with van der Waals surface area (Å²) >= 11 is 3.96. The standard InChI is InChI=1S/C24H39N7O6S/c1-13(2)10-17(29-20(33)16(25)4-3-9-28-24(26)27)21(34)30-18(11-14-5-7-15(32)8-6-14)22(35)31-19(12-38)23(36)37/h5-8,13,16-19,32,38H,3-4,9-12,25H2,1-2H3,(H,29,33)(H,30,34)(H,31,35)(H,36,37)(H4,26,27,28). The van der Waals surface area contributed by atoms with E-state index in [4.69, 9.17) is 17.2 Å². The zero-order valence-corrected chi connectivity index (χ0v) is 22.5. The van der Waals surface area contributed by atoms with Gasteiger partial charge in [-0.1, -0.05) is 26.0 Å². The molecule has 0 aliphatic heterocycles. The number of carbonyl (C=O) groups is 4. The van der Waals surface area contributed by atoms with Crippen LogP contribution in [0.2, 0.25) is 0 Å². The smallest absolute Gasteiger partial charge is 0.327 e. The molecule has 4 unspecified atom stereocenters. The zero-order valence-electron chi connectivity index (χ0n) is 21.6. The summed E-state index contributed by atoms with van der Waals surface area (Å²) in [5, 5.41) is 26.5. The Labute approximate surface area is 227 Å². The number of aromatic hydroxyl groups is 1. The lowest BCUT2D eigenvalue weighted by Crippen LogP contribution is -2.58. The first kappa shape index (κ1) is 32.5. The van der Waals surface area contributed by atoms with Crippen LogP contribution < -0.4 is 33.2 Å². The van der Waals surface area contributed by atoms with Gasteiger partial charge in [0.2, 0.25) is 17.7 Å². The monoisotopic (exact) mass is 553 g/mol. The SMILES string of the molecule is CC(C)CC(NC(=O)C(N)CCCN=C(N)N)C(=O)NC(Cc1ccc(O)cc1)C(=O)NC(CS)C(=O)O. The van der Waals surface area contributed by atoms with Gasteiger partial charge in [-0.05, 0) is 42.9 Å². The molecule has 1 rings (SSSR count). The number of hydrogen-bond donors (Lipinski definition) is 9. The normalized spacial score (nSPS) is 14.0. The number of hydrogen-bond acceptors (Lipinski definition) is 8. The molecule has 1 aromatic carbocycles. The molecule has 0 radical (unpaired) electrons.